The third kappa shape index (κ3) is 3.44. The van der Waals surface area contributed by atoms with Gasteiger partial charge in [-0.25, -0.2) is 4.39 Å². The highest BCUT2D eigenvalue weighted by Crippen LogP contribution is 2.26. The summed E-state index contributed by atoms with van der Waals surface area (Å²) in [6.45, 7) is 2.92. The highest BCUT2D eigenvalue weighted by molar-refractivity contribution is 6.30. The number of nitrogens with one attached hydrogen (secondary N) is 1. The van der Waals surface area contributed by atoms with E-state index in [1.165, 1.54) is 6.07 Å². The van der Waals surface area contributed by atoms with E-state index in [2.05, 4.69) is 5.32 Å². The van der Waals surface area contributed by atoms with Crippen LogP contribution in [0.25, 0.3) is 0 Å². The average Bonchev–Trinajstić information content (AvgIpc) is 2.75. The lowest BCUT2D eigenvalue weighted by Crippen LogP contribution is -2.25. The fourth-order valence-corrected chi connectivity index (χ4v) is 2.67. The molecule has 1 saturated carbocycles. The molecule has 1 aliphatic carbocycles. The number of benzene rings is 1. The largest absolute Gasteiger partial charge is 0.393 e. The zero-order valence-corrected chi connectivity index (χ0v) is 11.3. The SMILES string of the molecule is CC(NCC1CCC(O)C1)c1ccc(F)c(Cl)c1. The summed E-state index contributed by atoms with van der Waals surface area (Å²) in [5.41, 5.74) is 0.986. The molecule has 1 aromatic carbocycles. The quantitative estimate of drug-likeness (QED) is 0.881. The molecule has 0 amide bonds. The van der Waals surface area contributed by atoms with Gasteiger partial charge in [-0.15, -0.1) is 0 Å². The van der Waals surface area contributed by atoms with Gasteiger partial charge < -0.3 is 10.4 Å². The molecule has 3 atom stereocenters. The van der Waals surface area contributed by atoms with Gasteiger partial charge >= 0.3 is 0 Å². The predicted molar refractivity (Wildman–Crippen MR) is 71.2 cm³/mol. The Labute approximate surface area is 112 Å². The molecule has 0 bridgehead atoms. The summed E-state index contributed by atoms with van der Waals surface area (Å²) in [6, 6.07) is 4.95. The van der Waals surface area contributed by atoms with Crippen molar-refractivity contribution in [1.29, 1.82) is 0 Å². The van der Waals surface area contributed by atoms with Crippen LogP contribution in [0.4, 0.5) is 4.39 Å². The molecule has 2 rings (SSSR count). The standard InChI is InChI=1S/C14H19ClFNO/c1-9(11-3-5-14(16)13(15)7-11)17-8-10-2-4-12(18)6-10/h3,5,7,9-10,12,17-18H,2,4,6,8H2,1H3. The smallest absolute Gasteiger partial charge is 0.141 e. The van der Waals surface area contributed by atoms with Gasteiger partial charge in [0.2, 0.25) is 0 Å². The summed E-state index contributed by atoms with van der Waals surface area (Å²) in [4.78, 5) is 0. The van der Waals surface area contributed by atoms with Crippen LogP contribution >= 0.6 is 11.6 Å². The van der Waals surface area contributed by atoms with Gasteiger partial charge in [-0.2, -0.15) is 0 Å². The van der Waals surface area contributed by atoms with Crippen molar-refractivity contribution in [2.75, 3.05) is 6.54 Å². The van der Waals surface area contributed by atoms with Crippen molar-refractivity contribution in [2.45, 2.75) is 38.3 Å². The number of halogens is 2. The van der Waals surface area contributed by atoms with Crippen molar-refractivity contribution in [3.05, 3.63) is 34.6 Å². The molecule has 0 aliphatic heterocycles. The van der Waals surface area contributed by atoms with Crippen molar-refractivity contribution in [2.24, 2.45) is 5.92 Å². The molecule has 3 unspecified atom stereocenters. The second-order valence-corrected chi connectivity index (χ2v) is 5.54. The number of hydrogen-bond acceptors (Lipinski definition) is 2. The average molecular weight is 272 g/mol. The van der Waals surface area contributed by atoms with E-state index >= 15 is 0 Å². The molecule has 0 spiro atoms. The molecule has 18 heavy (non-hydrogen) atoms. The van der Waals surface area contributed by atoms with Crippen molar-refractivity contribution < 1.29 is 9.50 Å². The van der Waals surface area contributed by atoms with Crippen LogP contribution in [-0.2, 0) is 0 Å². The zero-order valence-electron chi connectivity index (χ0n) is 10.5. The molecule has 0 heterocycles. The summed E-state index contributed by atoms with van der Waals surface area (Å²) in [6.07, 6.45) is 2.73. The third-order valence-corrected chi connectivity index (χ3v) is 3.96. The summed E-state index contributed by atoms with van der Waals surface area (Å²) in [5.74, 6) is 0.157. The Hall–Kier alpha value is -0.640. The summed E-state index contributed by atoms with van der Waals surface area (Å²) < 4.78 is 13.1. The molecule has 1 aliphatic rings. The maximum atomic E-state index is 13.1. The van der Waals surface area contributed by atoms with Gasteiger partial charge in [0.1, 0.15) is 5.82 Å². The minimum Gasteiger partial charge on any atom is -0.393 e. The normalized spacial score (nSPS) is 25.3. The van der Waals surface area contributed by atoms with Crippen molar-refractivity contribution in [1.82, 2.24) is 5.32 Å². The van der Waals surface area contributed by atoms with Gasteiger partial charge in [0.15, 0.2) is 0 Å². The van der Waals surface area contributed by atoms with Gasteiger partial charge in [0.05, 0.1) is 11.1 Å². The Kier molecular flexibility index (Phi) is 4.60. The van der Waals surface area contributed by atoms with Crippen LogP contribution < -0.4 is 5.32 Å². The van der Waals surface area contributed by atoms with Gasteiger partial charge in [-0.1, -0.05) is 17.7 Å². The van der Waals surface area contributed by atoms with Crippen molar-refractivity contribution in [3.8, 4) is 0 Å². The molecule has 0 saturated heterocycles. The molecule has 100 valence electrons. The minimum atomic E-state index is -0.383. The highest BCUT2D eigenvalue weighted by Gasteiger charge is 2.22. The summed E-state index contributed by atoms with van der Waals surface area (Å²) in [7, 11) is 0. The maximum Gasteiger partial charge on any atom is 0.141 e. The third-order valence-electron chi connectivity index (χ3n) is 3.67. The van der Waals surface area contributed by atoms with E-state index in [0.29, 0.717) is 5.92 Å². The fourth-order valence-electron chi connectivity index (χ4n) is 2.48. The molecular weight excluding hydrogens is 253 g/mol. The second kappa shape index (κ2) is 6.00. The topological polar surface area (TPSA) is 32.3 Å². The first-order valence-electron chi connectivity index (χ1n) is 6.42. The number of aliphatic hydroxyl groups excluding tert-OH is 1. The molecule has 0 radical (unpaired) electrons. The van der Waals surface area contributed by atoms with Crippen molar-refractivity contribution in [3.63, 3.8) is 0 Å². The van der Waals surface area contributed by atoms with Gasteiger partial charge in [0, 0.05) is 6.04 Å². The molecule has 0 aromatic heterocycles. The fraction of sp³-hybridized carbons (Fsp3) is 0.571. The Bertz CT molecular complexity index is 413. The van der Waals surface area contributed by atoms with E-state index in [1.54, 1.807) is 12.1 Å². The van der Waals surface area contributed by atoms with Crippen molar-refractivity contribution >= 4 is 11.6 Å². The van der Waals surface area contributed by atoms with Crippen LogP contribution in [0.5, 0.6) is 0 Å². The number of aliphatic hydroxyl groups is 1. The second-order valence-electron chi connectivity index (χ2n) is 5.14. The van der Waals surface area contributed by atoms with Gasteiger partial charge in [-0.3, -0.25) is 0 Å². The predicted octanol–water partition coefficient (Wildman–Crippen LogP) is 3.29. The molecule has 4 heteroatoms. The minimum absolute atomic E-state index is 0.132. The maximum absolute atomic E-state index is 13.1. The summed E-state index contributed by atoms with van der Waals surface area (Å²) in [5, 5.41) is 13.0. The lowest BCUT2D eigenvalue weighted by molar-refractivity contribution is 0.177. The van der Waals surface area contributed by atoms with E-state index < -0.39 is 0 Å². The highest BCUT2D eigenvalue weighted by atomic mass is 35.5. The Morgan fingerprint density at radius 2 is 2.28 bits per heavy atom. The first kappa shape index (κ1) is 13.8. The molecule has 2 nitrogen and oxygen atoms in total. The van der Waals surface area contributed by atoms with E-state index in [9.17, 15) is 9.50 Å². The van der Waals surface area contributed by atoms with Crippen LogP contribution in [0.3, 0.4) is 0 Å². The Balaban J connectivity index is 1.87. The number of rotatable bonds is 4. The van der Waals surface area contributed by atoms with Gasteiger partial charge in [-0.05, 0) is 56.3 Å². The molecule has 1 aromatic rings. The van der Waals surface area contributed by atoms with E-state index in [0.717, 1.165) is 31.4 Å². The van der Waals surface area contributed by atoms with Crippen LogP contribution in [0.2, 0.25) is 5.02 Å². The van der Waals surface area contributed by atoms with Crippen LogP contribution in [0, 0.1) is 11.7 Å². The van der Waals surface area contributed by atoms with E-state index in [-0.39, 0.29) is 23.0 Å². The molecule has 1 fully saturated rings. The van der Waals surface area contributed by atoms with E-state index in [1.807, 2.05) is 6.92 Å². The van der Waals surface area contributed by atoms with Gasteiger partial charge in [0.25, 0.3) is 0 Å². The zero-order chi connectivity index (χ0) is 13.1. The lowest BCUT2D eigenvalue weighted by Gasteiger charge is -2.17. The number of hydrogen-bond donors (Lipinski definition) is 2. The van der Waals surface area contributed by atoms with Crippen LogP contribution in [-0.4, -0.2) is 17.8 Å². The first-order valence-corrected chi connectivity index (χ1v) is 6.80. The Morgan fingerprint density at radius 1 is 1.50 bits per heavy atom. The summed E-state index contributed by atoms with van der Waals surface area (Å²) >= 11 is 5.77. The van der Waals surface area contributed by atoms with E-state index in [4.69, 9.17) is 11.6 Å². The van der Waals surface area contributed by atoms with Crippen LogP contribution in [0.1, 0.15) is 37.8 Å². The Morgan fingerprint density at radius 3 is 2.89 bits per heavy atom. The van der Waals surface area contributed by atoms with Crippen LogP contribution in [0.15, 0.2) is 18.2 Å². The molecular formula is C14H19ClFNO. The first-order chi connectivity index (χ1) is 8.56. The lowest BCUT2D eigenvalue weighted by atomic mass is 10.1. The molecule has 2 N–H and O–H groups in total. The monoisotopic (exact) mass is 271 g/mol.